The predicted octanol–water partition coefficient (Wildman–Crippen LogP) is 1.24. The minimum atomic E-state index is -0.112. The largest absolute Gasteiger partial charge is 0.383 e. The quantitative estimate of drug-likeness (QED) is 0.824. The number of methoxy groups -OCH3 is 1. The Kier molecular flexibility index (Phi) is 4.73. The second-order valence-corrected chi connectivity index (χ2v) is 4.57. The molecule has 1 fully saturated rings. The normalized spacial score (nSPS) is 21.4. The average molecular weight is 248 g/mol. The van der Waals surface area contributed by atoms with E-state index in [4.69, 9.17) is 4.74 Å². The van der Waals surface area contributed by atoms with Crippen molar-refractivity contribution in [2.45, 2.75) is 24.9 Å². The highest BCUT2D eigenvalue weighted by Gasteiger charge is 2.25. The van der Waals surface area contributed by atoms with Crippen LogP contribution in [0, 0.1) is 0 Å². The van der Waals surface area contributed by atoms with Crippen molar-refractivity contribution >= 4 is 5.91 Å². The molecule has 0 aliphatic carbocycles. The fourth-order valence-corrected chi connectivity index (χ4v) is 2.27. The van der Waals surface area contributed by atoms with Gasteiger partial charge in [0.15, 0.2) is 0 Å². The minimum Gasteiger partial charge on any atom is -0.383 e. The molecule has 1 amide bonds. The molecule has 0 aromatic heterocycles. The molecule has 1 aromatic rings. The lowest BCUT2D eigenvalue weighted by Crippen LogP contribution is -2.49. The predicted molar refractivity (Wildman–Crippen MR) is 70.2 cm³/mol. The van der Waals surface area contributed by atoms with E-state index in [0.29, 0.717) is 6.61 Å². The number of ether oxygens (including phenoxy) is 1. The van der Waals surface area contributed by atoms with Crippen LogP contribution in [-0.4, -0.2) is 32.2 Å². The molecular formula is C14H20N2O2. The lowest BCUT2D eigenvalue weighted by molar-refractivity contribution is -0.124. The maximum Gasteiger partial charge on any atom is 0.237 e. The van der Waals surface area contributed by atoms with Gasteiger partial charge in [0.2, 0.25) is 5.91 Å². The van der Waals surface area contributed by atoms with E-state index >= 15 is 0 Å². The van der Waals surface area contributed by atoms with Crippen LogP contribution in [0.1, 0.15) is 24.4 Å². The Balaban J connectivity index is 2.04. The molecule has 0 saturated carbocycles. The molecule has 1 aromatic carbocycles. The first-order chi connectivity index (χ1) is 8.81. The fraction of sp³-hybridized carbons (Fsp3) is 0.500. The van der Waals surface area contributed by atoms with Crippen LogP contribution in [0.4, 0.5) is 0 Å². The summed E-state index contributed by atoms with van der Waals surface area (Å²) in [6, 6.07) is 10.0. The summed E-state index contributed by atoms with van der Waals surface area (Å²) in [4.78, 5) is 11.8. The van der Waals surface area contributed by atoms with Crippen LogP contribution in [0.5, 0.6) is 0 Å². The highest BCUT2D eigenvalue weighted by atomic mass is 16.5. The Morgan fingerprint density at radius 1 is 1.44 bits per heavy atom. The standard InChI is InChI=1S/C14H20N2O2/c1-18-10-13(11-6-3-2-4-7-11)16-12-8-5-9-15-14(12)17/h2-4,6-7,12-13,16H,5,8-10H2,1H3,(H,15,17). The number of hydrogen-bond donors (Lipinski definition) is 2. The van der Waals surface area contributed by atoms with E-state index in [1.54, 1.807) is 7.11 Å². The maximum atomic E-state index is 11.8. The van der Waals surface area contributed by atoms with Crippen LogP contribution in [0.3, 0.4) is 0 Å². The lowest BCUT2D eigenvalue weighted by Gasteiger charge is -2.28. The summed E-state index contributed by atoms with van der Waals surface area (Å²) in [5.41, 5.74) is 1.15. The molecule has 98 valence electrons. The molecule has 18 heavy (non-hydrogen) atoms. The van der Waals surface area contributed by atoms with Crippen LogP contribution >= 0.6 is 0 Å². The molecule has 1 saturated heterocycles. The summed E-state index contributed by atoms with van der Waals surface area (Å²) in [5.74, 6) is 0.0956. The number of nitrogens with one attached hydrogen (secondary N) is 2. The molecule has 1 heterocycles. The summed E-state index contributed by atoms with van der Waals surface area (Å²) in [5, 5.41) is 6.27. The van der Waals surface area contributed by atoms with Crippen molar-refractivity contribution in [3.8, 4) is 0 Å². The third-order valence-corrected chi connectivity index (χ3v) is 3.22. The highest BCUT2D eigenvalue weighted by Crippen LogP contribution is 2.16. The van der Waals surface area contributed by atoms with Crippen LogP contribution in [0.15, 0.2) is 30.3 Å². The van der Waals surface area contributed by atoms with Crippen molar-refractivity contribution < 1.29 is 9.53 Å². The van der Waals surface area contributed by atoms with Gasteiger partial charge < -0.3 is 10.1 Å². The van der Waals surface area contributed by atoms with Crippen LogP contribution in [0.2, 0.25) is 0 Å². The van der Waals surface area contributed by atoms with Gasteiger partial charge in [-0.25, -0.2) is 0 Å². The van der Waals surface area contributed by atoms with Crippen molar-refractivity contribution in [1.29, 1.82) is 0 Å². The van der Waals surface area contributed by atoms with Crippen molar-refractivity contribution in [2.24, 2.45) is 0 Å². The van der Waals surface area contributed by atoms with E-state index < -0.39 is 0 Å². The first-order valence-corrected chi connectivity index (χ1v) is 6.39. The Labute approximate surface area is 108 Å². The Morgan fingerprint density at radius 3 is 2.89 bits per heavy atom. The van der Waals surface area contributed by atoms with Crippen LogP contribution < -0.4 is 10.6 Å². The van der Waals surface area contributed by atoms with E-state index in [1.165, 1.54) is 0 Å². The zero-order chi connectivity index (χ0) is 12.8. The number of rotatable bonds is 5. The molecule has 2 unspecified atom stereocenters. The average Bonchev–Trinajstić information content (AvgIpc) is 2.42. The van der Waals surface area contributed by atoms with Gasteiger partial charge in [-0.3, -0.25) is 10.1 Å². The first-order valence-electron chi connectivity index (χ1n) is 6.39. The first kappa shape index (κ1) is 13.1. The SMILES string of the molecule is COCC(NC1CCCNC1=O)c1ccccc1. The highest BCUT2D eigenvalue weighted by molar-refractivity contribution is 5.82. The van der Waals surface area contributed by atoms with Crippen molar-refractivity contribution in [3.63, 3.8) is 0 Å². The van der Waals surface area contributed by atoms with Gasteiger partial charge in [-0.05, 0) is 18.4 Å². The number of piperidine rings is 1. The van der Waals surface area contributed by atoms with E-state index in [9.17, 15) is 4.79 Å². The van der Waals surface area contributed by atoms with Crippen LogP contribution in [-0.2, 0) is 9.53 Å². The number of benzene rings is 1. The smallest absolute Gasteiger partial charge is 0.237 e. The van der Waals surface area contributed by atoms with E-state index in [0.717, 1.165) is 24.9 Å². The third kappa shape index (κ3) is 3.31. The molecule has 1 aliphatic rings. The number of carbonyl (C=O) groups is 1. The molecular weight excluding hydrogens is 228 g/mol. The van der Waals surface area contributed by atoms with Gasteiger partial charge in [-0.1, -0.05) is 30.3 Å². The zero-order valence-corrected chi connectivity index (χ0v) is 10.7. The van der Waals surface area contributed by atoms with Gasteiger partial charge in [-0.2, -0.15) is 0 Å². The number of hydrogen-bond acceptors (Lipinski definition) is 3. The molecule has 1 aliphatic heterocycles. The second-order valence-electron chi connectivity index (χ2n) is 4.57. The summed E-state index contributed by atoms with van der Waals surface area (Å²) < 4.78 is 5.24. The van der Waals surface area contributed by atoms with Crippen molar-refractivity contribution in [3.05, 3.63) is 35.9 Å². The zero-order valence-electron chi connectivity index (χ0n) is 10.7. The molecule has 4 heteroatoms. The summed E-state index contributed by atoms with van der Waals surface area (Å²) >= 11 is 0. The maximum absolute atomic E-state index is 11.8. The van der Waals surface area contributed by atoms with E-state index in [2.05, 4.69) is 22.8 Å². The minimum absolute atomic E-state index is 0.0602. The topological polar surface area (TPSA) is 50.4 Å². The Morgan fingerprint density at radius 2 is 2.22 bits per heavy atom. The molecule has 0 spiro atoms. The summed E-state index contributed by atoms with van der Waals surface area (Å²) in [7, 11) is 1.68. The lowest BCUT2D eigenvalue weighted by atomic mass is 10.0. The van der Waals surface area contributed by atoms with Crippen LogP contribution in [0.25, 0.3) is 0 Å². The number of amides is 1. The monoisotopic (exact) mass is 248 g/mol. The fourth-order valence-electron chi connectivity index (χ4n) is 2.27. The van der Waals surface area contributed by atoms with E-state index in [1.807, 2.05) is 18.2 Å². The van der Waals surface area contributed by atoms with Crippen molar-refractivity contribution in [2.75, 3.05) is 20.3 Å². The third-order valence-electron chi connectivity index (χ3n) is 3.22. The molecule has 2 N–H and O–H groups in total. The van der Waals surface area contributed by atoms with Gasteiger partial charge in [0.05, 0.1) is 18.7 Å². The molecule has 0 bridgehead atoms. The van der Waals surface area contributed by atoms with Gasteiger partial charge in [0, 0.05) is 13.7 Å². The van der Waals surface area contributed by atoms with Gasteiger partial charge in [0.1, 0.15) is 0 Å². The van der Waals surface area contributed by atoms with Crippen molar-refractivity contribution in [1.82, 2.24) is 10.6 Å². The molecule has 0 radical (unpaired) electrons. The van der Waals surface area contributed by atoms with Gasteiger partial charge >= 0.3 is 0 Å². The Bertz CT molecular complexity index is 381. The second kappa shape index (κ2) is 6.52. The number of carbonyl (C=O) groups excluding carboxylic acids is 1. The summed E-state index contributed by atoms with van der Waals surface area (Å²) in [6.45, 7) is 1.35. The van der Waals surface area contributed by atoms with Gasteiger partial charge in [-0.15, -0.1) is 0 Å². The molecule has 2 atom stereocenters. The molecule has 2 rings (SSSR count). The summed E-state index contributed by atoms with van der Waals surface area (Å²) in [6.07, 6.45) is 1.91. The van der Waals surface area contributed by atoms with Gasteiger partial charge in [0.25, 0.3) is 0 Å². The Hall–Kier alpha value is -1.39. The molecule has 4 nitrogen and oxygen atoms in total. The van der Waals surface area contributed by atoms with E-state index in [-0.39, 0.29) is 18.0 Å².